The second-order valence-corrected chi connectivity index (χ2v) is 5.98. The first-order valence-corrected chi connectivity index (χ1v) is 6.95. The van der Waals surface area contributed by atoms with E-state index in [1.807, 2.05) is 17.5 Å². The molecule has 16 heavy (non-hydrogen) atoms. The lowest BCUT2D eigenvalue weighted by atomic mass is 10.3. The number of rotatable bonds is 1. The van der Waals surface area contributed by atoms with Gasteiger partial charge in [-0.25, -0.2) is 4.98 Å². The molecule has 6 heteroatoms. The van der Waals surface area contributed by atoms with Crippen LogP contribution in [0.1, 0.15) is 0 Å². The molecule has 0 unspecified atom stereocenters. The van der Waals surface area contributed by atoms with Crippen molar-refractivity contribution in [1.82, 2.24) is 9.97 Å². The van der Waals surface area contributed by atoms with Gasteiger partial charge in [0.05, 0.1) is 16.7 Å². The molecule has 0 aromatic carbocycles. The van der Waals surface area contributed by atoms with Crippen LogP contribution < -0.4 is 5.56 Å². The summed E-state index contributed by atoms with van der Waals surface area (Å²) in [7, 11) is 0. The van der Waals surface area contributed by atoms with Crippen LogP contribution in [0, 0.1) is 0 Å². The summed E-state index contributed by atoms with van der Waals surface area (Å²) < 4.78 is 1.73. The Bertz CT molecular complexity index is 713. The molecule has 3 heterocycles. The largest absolute Gasteiger partial charge is 0.312 e. The van der Waals surface area contributed by atoms with Crippen molar-refractivity contribution >= 4 is 48.8 Å². The fourth-order valence-corrected chi connectivity index (χ4v) is 4.31. The predicted molar refractivity (Wildman–Crippen MR) is 71.3 cm³/mol. The third kappa shape index (κ3) is 1.53. The summed E-state index contributed by atoms with van der Waals surface area (Å²) in [6.45, 7) is 0. The predicted octanol–water partition coefficient (Wildman–Crippen LogP) is 3.48. The first kappa shape index (κ1) is 10.2. The molecular formula is C10H5BrN2OS2. The maximum absolute atomic E-state index is 11.6. The summed E-state index contributed by atoms with van der Waals surface area (Å²) in [5, 5.41) is 2.02. The van der Waals surface area contributed by atoms with Crippen molar-refractivity contribution in [3.8, 4) is 9.75 Å². The normalized spacial score (nSPS) is 11.1. The van der Waals surface area contributed by atoms with Crippen LogP contribution in [0.25, 0.3) is 20.0 Å². The Hall–Kier alpha value is -0.980. The molecule has 0 bridgehead atoms. The third-order valence-electron chi connectivity index (χ3n) is 2.16. The molecule has 0 aliphatic heterocycles. The lowest BCUT2D eigenvalue weighted by Crippen LogP contribution is -2.02. The van der Waals surface area contributed by atoms with E-state index in [0.717, 1.165) is 19.7 Å². The first-order chi connectivity index (χ1) is 7.75. The first-order valence-electron chi connectivity index (χ1n) is 4.46. The van der Waals surface area contributed by atoms with Gasteiger partial charge in [-0.2, -0.15) is 0 Å². The van der Waals surface area contributed by atoms with Crippen LogP contribution in [0.4, 0.5) is 0 Å². The summed E-state index contributed by atoms with van der Waals surface area (Å²) in [4.78, 5) is 20.5. The van der Waals surface area contributed by atoms with Gasteiger partial charge in [0.1, 0.15) is 4.70 Å². The monoisotopic (exact) mass is 312 g/mol. The molecule has 0 radical (unpaired) electrons. The molecule has 1 N–H and O–H groups in total. The summed E-state index contributed by atoms with van der Waals surface area (Å²) in [5.74, 6) is 0. The molecule has 0 saturated carbocycles. The van der Waals surface area contributed by atoms with E-state index in [1.165, 1.54) is 17.7 Å². The number of nitrogens with zero attached hydrogens (tertiary/aromatic N) is 1. The van der Waals surface area contributed by atoms with Crippen LogP contribution in [0.5, 0.6) is 0 Å². The molecular weight excluding hydrogens is 308 g/mol. The summed E-state index contributed by atoms with van der Waals surface area (Å²) in [6, 6.07) is 3.95. The Balaban J connectivity index is 2.31. The molecule has 3 nitrogen and oxygen atoms in total. The van der Waals surface area contributed by atoms with Crippen molar-refractivity contribution in [2.24, 2.45) is 0 Å². The van der Waals surface area contributed by atoms with Gasteiger partial charge in [-0.1, -0.05) is 0 Å². The van der Waals surface area contributed by atoms with Gasteiger partial charge in [-0.15, -0.1) is 22.7 Å². The standard InChI is InChI=1S/C10H5BrN2OS2/c11-5-1-2-15-8(5)7-3-6-9(16-7)10(14)13-4-12-6/h1-4H,(H,12,13,14). The number of fused-ring (bicyclic) bond motifs is 1. The van der Waals surface area contributed by atoms with E-state index in [4.69, 9.17) is 0 Å². The van der Waals surface area contributed by atoms with Gasteiger partial charge >= 0.3 is 0 Å². The Labute approximate surface area is 107 Å². The summed E-state index contributed by atoms with van der Waals surface area (Å²) in [6.07, 6.45) is 1.44. The maximum Gasteiger partial charge on any atom is 0.268 e. The quantitative estimate of drug-likeness (QED) is 0.747. The van der Waals surface area contributed by atoms with Crippen molar-refractivity contribution in [2.45, 2.75) is 0 Å². The third-order valence-corrected chi connectivity index (χ3v) is 5.30. The lowest BCUT2D eigenvalue weighted by molar-refractivity contribution is 1.18. The van der Waals surface area contributed by atoms with Crippen LogP contribution in [0.2, 0.25) is 0 Å². The molecule has 80 valence electrons. The molecule has 0 atom stereocenters. The number of aromatic amines is 1. The highest BCUT2D eigenvalue weighted by molar-refractivity contribution is 9.10. The van der Waals surface area contributed by atoms with Crippen molar-refractivity contribution in [2.75, 3.05) is 0 Å². The fraction of sp³-hybridized carbons (Fsp3) is 0. The highest BCUT2D eigenvalue weighted by Crippen LogP contribution is 2.38. The number of thiophene rings is 2. The summed E-state index contributed by atoms with van der Waals surface area (Å²) >= 11 is 6.61. The van der Waals surface area contributed by atoms with Crippen molar-refractivity contribution < 1.29 is 0 Å². The highest BCUT2D eigenvalue weighted by Gasteiger charge is 2.11. The van der Waals surface area contributed by atoms with E-state index in [9.17, 15) is 4.79 Å². The van der Waals surface area contributed by atoms with Gasteiger partial charge in [0.2, 0.25) is 0 Å². The number of H-pyrrole nitrogens is 1. The van der Waals surface area contributed by atoms with E-state index >= 15 is 0 Å². The fourth-order valence-electron chi connectivity index (χ4n) is 1.45. The van der Waals surface area contributed by atoms with Crippen LogP contribution in [-0.2, 0) is 0 Å². The van der Waals surface area contributed by atoms with Crippen LogP contribution in [0.15, 0.2) is 33.1 Å². The second-order valence-electron chi connectivity index (χ2n) is 3.15. The highest BCUT2D eigenvalue weighted by atomic mass is 79.9. The second kappa shape index (κ2) is 3.80. The molecule has 3 rings (SSSR count). The van der Waals surface area contributed by atoms with Crippen molar-refractivity contribution in [3.05, 3.63) is 38.7 Å². The van der Waals surface area contributed by atoms with E-state index in [-0.39, 0.29) is 5.56 Å². The zero-order valence-corrected chi connectivity index (χ0v) is 11.1. The van der Waals surface area contributed by atoms with Crippen molar-refractivity contribution in [3.63, 3.8) is 0 Å². The Kier molecular flexibility index (Phi) is 2.42. The average molecular weight is 313 g/mol. The number of halogens is 1. The molecule has 0 saturated heterocycles. The zero-order valence-electron chi connectivity index (χ0n) is 7.86. The number of nitrogens with one attached hydrogen (secondary N) is 1. The molecule has 0 amide bonds. The van der Waals surface area contributed by atoms with Gasteiger partial charge < -0.3 is 4.98 Å². The maximum atomic E-state index is 11.6. The van der Waals surface area contributed by atoms with Gasteiger partial charge in [0, 0.05) is 9.35 Å². The van der Waals surface area contributed by atoms with E-state index in [1.54, 1.807) is 11.3 Å². The SMILES string of the molecule is O=c1[nH]cnc2cc(-c3sccc3Br)sc12. The molecule has 0 spiro atoms. The van der Waals surface area contributed by atoms with Crippen LogP contribution in [-0.4, -0.2) is 9.97 Å². The Morgan fingerprint density at radius 3 is 3.00 bits per heavy atom. The Morgan fingerprint density at radius 2 is 2.31 bits per heavy atom. The Morgan fingerprint density at radius 1 is 1.44 bits per heavy atom. The lowest BCUT2D eigenvalue weighted by Gasteiger charge is -1.90. The van der Waals surface area contributed by atoms with Gasteiger partial charge in [0.15, 0.2) is 0 Å². The van der Waals surface area contributed by atoms with Gasteiger partial charge in [-0.3, -0.25) is 4.79 Å². The minimum atomic E-state index is -0.0751. The number of hydrogen-bond donors (Lipinski definition) is 1. The topological polar surface area (TPSA) is 45.8 Å². The molecule has 3 aromatic heterocycles. The smallest absolute Gasteiger partial charge is 0.268 e. The molecule has 3 aromatic rings. The van der Waals surface area contributed by atoms with Crippen LogP contribution >= 0.6 is 38.6 Å². The number of hydrogen-bond acceptors (Lipinski definition) is 4. The van der Waals surface area contributed by atoms with E-state index in [0.29, 0.717) is 4.70 Å². The number of aromatic nitrogens is 2. The minimum absolute atomic E-state index is 0.0751. The molecule has 0 aliphatic carbocycles. The summed E-state index contributed by atoms with van der Waals surface area (Å²) in [5.41, 5.74) is 0.679. The minimum Gasteiger partial charge on any atom is -0.312 e. The van der Waals surface area contributed by atoms with Crippen molar-refractivity contribution in [1.29, 1.82) is 0 Å². The van der Waals surface area contributed by atoms with E-state index < -0.39 is 0 Å². The van der Waals surface area contributed by atoms with E-state index in [2.05, 4.69) is 25.9 Å². The molecule has 0 fully saturated rings. The van der Waals surface area contributed by atoms with Gasteiger partial charge in [-0.05, 0) is 33.4 Å². The molecule has 0 aliphatic rings. The van der Waals surface area contributed by atoms with Crippen LogP contribution in [0.3, 0.4) is 0 Å². The van der Waals surface area contributed by atoms with Gasteiger partial charge in [0.25, 0.3) is 5.56 Å². The zero-order chi connectivity index (χ0) is 11.1. The average Bonchev–Trinajstić information content (AvgIpc) is 2.84.